The molecule has 166 valence electrons. The molecule has 0 radical (unpaired) electrons. The van der Waals surface area contributed by atoms with Gasteiger partial charge in [-0.25, -0.2) is 14.1 Å². The van der Waals surface area contributed by atoms with Gasteiger partial charge in [-0.3, -0.25) is 9.59 Å². The highest BCUT2D eigenvalue weighted by Crippen LogP contribution is 2.23. The number of carbonyl (C=O) groups excluding carboxylic acids is 2. The molecular formula is C25H21FN4O3. The molecule has 0 aliphatic carbocycles. The fraction of sp³-hybridized carbons (Fsp3) is 0.120. The van der Waals surface area contributed by atoms with E-state index < -0.39 is 17.5 Å². The predicted molar refractivity (Wildman–Crippen MR) is 120 cm³/mol. The van der Waals surface area contributed by atoms with Crippen LogP contribution < -0.4 is 10.1 Å². The average Bonchev–Trinajstić information content (AvgIpc) is 3.12. The molecule has 0 saturated carbocycles. The summed E-state index contributed by atoms with van der Waals surface area (Å²) in [6, 6.07) is 18.4. The van der Waals surface area contributed by atoms with E-state index in [1.54, 1.807) is 36.7 Å². The number of ketones is 1. The van der Waals surface area contributed by atoms with Crippen molar-refractivity contribution in [1.29, 1.82) is 0 Å². The highest BCUT2D eigenvalue weighted by Gasteiger charge is 2.25. The highest BCUT2D eigenvalue weighted by atomic mass is 19.1. The minimum atomic E-state index is -0.769. The van der Waals surface area contributed by atoms with Crippen LogP contribution in [-0.2, 0) is 11.3 Å². The maximum atomic E-state index is 13.4. The van der Waals surface area contributed by atoms with E-state index in [2.05, 4.69) is 15.4 Å². The molecule has 2 aromatic heterocycles. The fourth-order valence-corrected chi connectivity index (χ4v) is 3.45. The lowest BCUT2D eigenvalue weighted by Crippen LogP contribution is -2.31. The second kappa shape index (κ2) is 9.44. The molecule has 33 heavy (non-hydrogen) atoms. The third kappa shape index (κ3) is 4.79. The average molecular weight is 444 g/mol. The Morgan fingerprint density at radius 1 is 1.03 bits per heavy atom. The molecule has 0 spiro atoms. The molecule has 1 N–H and O–H groups in total. The van der Waals surface area contributed by atoms with Gasteiger partial charge >= 0.3 is 0 Å². The van der Waals surface area contributed by atoms with E-state index in [4.69, 9.17) is 4.74 Å². The molecule has 2 heterocycles. The predicted octanol–water partition coefficient (Wildman–Crippen LogP) is 4.31. The number of para-hydroxylation sites is 1. The van der Waals surface area contributed by atoms with E-state index in [-0.39, 0.29) is 23.7 Å². The number of hydrogen-bond donors (Lipinski definition) is 1. The Kier molecular flexibility index (Phi) is 6.26. The third-order valence-corrected chi connectivity index (χ3v) is 5.03. The first-order valence-corrected chi connectivity index (χ1v) is 10.3. The zero-order chi connectivity index (χ0) is 23.4. The summed E-state index contributed by atoms with van der Waals surface area (Å²) in [4.78, 5) is 29.7. The molecule has 0 aliphatic heterocycles. The summed E-state index contributed by atoms with van der Waals surface area (Å²) in [6.07, 6.45) is 1.52. The number of rotatable bonds is 7. The van der Waals surface area contributed by atoms with Crippen molar-refractivity contribution in [1.82, 2.24) is 20.1 Å². The number of aromatic nitrogens is 3. The van der Waals surface area contributed by atoms with Gasteiger partial charge in [0.1, 0.15) is 11.6 Å². The topological polar surface area (TPSA) is 86.1 Å². The summed E-state index contributed by atoms with van der Waals surface area (Å²) >= 11 is 0. The molecule has 0 aliphatic rings. The summed E-state index contributed by atoms with van der Waals surface area (Å²) in [5.41, 5.74) is 2.64. The number of nitrogens with zero attached hydrogens (tertiary/aromatic N) is 3. The molecule has 0 bridgehead atoms. The molecule has 2 aromatic carbocycles. The van der Waals surface area contributed by atoms with Crippen LogP contribution in [0.1, 0.15) is 27.3 Å². The molecule has 1 amide bonds. The molecule has 0 unspecified atom stereocenters. The fourth-order valence-electron chi connectivity index (χ4n) is 3.45. The van der Waals surface area contributed by atoms with Crippen LogP contribution in [-0.4, -0.2) is 26.5 Å². The number of hydrogen-bond acceptors (Lipinski definition) is 5. The lowest BCUT2D eigenvalue weighted by atomic mass is 10.1. The van der Waals surface area contributed by atoms with Crippen LogP contribution in [0.3, 0.4) is 0 Å². The van der Waals surface area contributed by atoms with Gasteiger partial charge in [-0.2, -0.15) is 5.10 Å². The standard InChI is InChI=1S/C25H21FN4O3/c1-16-22(17(2)30(29-16)20-10-4-3-5-11-20)23(31)24(32)28-15-18-8-7-13-27-25(18)33-21-12-6-9-19(26)14-21/h3-14H,15H2,1-2H3,(H,28,32). The Balaban J connectivity index is 1.49. The third-order valence-electron chi connectivity index (χ3n) is 5.03. The molecule has 8 heteroatoms. The minimum absolute atomic E-state index is 0.00792. The van der Waals surface area contributed by atoms with Gasteiger partial charge in [-0.1, -0.05) is 30.3 Å². The smallest absolute Gasteiger partial charge is 0.292 e. The van der Waals surface area contributed by atoms with Crippen molar-refractivity contribution in [3.63, 3.8) is 0 Å². The van der Waals surface area contributed by atoms with E-state index in [0.717, 1.165) is 5.69 Å². The molecule has 0 saturated heterocycles. The summed E-state index contributed by atoms with van der Waals surface area (Å²) in [5, 5.41) is 7.04. The van der Waals surface area contributed by atoms with Gasteiger partial charge < -0.3 is 10.1 Å². The van der Waals surface area contributed by atoms with Crippen LogP contribution in [0.15, 0.2) is 72.9 Å². The van der Waals surface area contributed by atoms with Crippen LogP contribution in [0.4, 0.5) is 4.39 Å². The van der Waals surface area contributed by atoms with Gasteiger partial charge in [0.15, 0.2) is 0 Å². The molecule has 4 aromatic rings. The number of nitrogens with one attached hydrogen (secondary N) is 1. The first-order valence-electron chi connectivity index (χ1n) is 10.3. The van der Waals surface area contributed by atoms with Crippen molar-refractivity contribution in [3.05, 3.63) is 101 Å². The number of pyridine rings is 1. The van der Waals surface area contributed by atoms with Crippen LogP contribution >= 0.6 is 0 Å². The second-order valence-corrected chi connectivity index (χ2v) is 7.33. The lowest BCUT2D eigenvalue weighted by Gasteiger charge is -2.11. The van der Waals surface area contributed by atoms with E-state index in [9.17, 15) is 14.0 Å². The Morgan fingerprint density at radius 2 is 1.82 bits per heavy atom. The molecule has 4 rings (SSSR count). The zero-order valence-corrected chi connectivity index (χ0v) is 18.1. The van der Waals surface area contributed by atoms with Crippen LogP contribution in [0.2, 0.25) is 0 Å². The largest absolute Gasteiger partial charge is 0.439 e. The summed E-state index contributed by atoms with van der Waals surface area (Å²) in [5.74, 6) is -1.40. The van der Waals surface area contributed by atoms with Crippen molar-refractivity contribution in [2.75, 3.05) is 0 Å². The Morgan fingerprint density at radius 3 is 2.58 bits per heavy atom. The van der Waals surface area contributed by atoms with Gasteiger partial charge in [0, 0.05) is 24.4 Å². The quantitative estimate of drug-likeness (QED) is 0.339. The number of benzene rings is 2. The van der Waals surface area contributed by atoms with Gasteiger partial charge in [0.2, 0.25) is 5.88 Å². The SMILES string of the molecule is Cc1nn(-c2ccccc2)c(C)c1C(=O)C(=O)NCc1cccnc1Oc1cccc(F)c1. The first kappa shape index (κ1) is 21.9. The van der Waals surface area contributed by atoms with Crippen molar-refractivity contribution < 1.29 is 18.7 Å². The number of Topliss-reactive ketones (excluding diaryl/α,β-unsaturated/α-hetero) is 1. The number of halogens is 1. The number of ether oxygens (including phenoxy) is 1. The lowest BCUT2D eigenvalue weighted by molar-refractivity contribution is -0.117. The summed E-state index contributed by atoms with van der Waals surface area (Å²) in [7, 11) is 0. The zero-order valence-electron chi connectivity index (χ0n) is 18.1. The summed E-state index contributed by atoms with van der Waals surface area (Å²) < 4.78 is 20.7. The summed E-state index contributed by atoms with van der Waals surface area (Å²) in [6.45, 7) is 3.45. The maximum Gasteiger partial charge on any atom is 0.292 e. The van der Waals surface area contributed by atoms with Crippen LogP contribution in [0.5, 0.6) is 11.6 Å². The van der Waals surface area contributed by atoms with Crippen molar-refractivity contribution in [2.45, 2.75) is 20.4 Å². The van der Waals surface area contributed by atoms with E-state index in [0.29, 0.717) is 17.0 Å². The number of aryl methyl sites for hydroxylation is 1. The monoisotopic (exact) mass is 444 g/mol. The normalized spacial score (nSPS) is 10.6. The van der Waals surface area contributed by atoms with Gasteiger partial charge in [-0.05, 0) is 44.2 Å². The maximum absolute atomic E-state index is 13.4. The Bertz CT molecular complexity index is 1320. The van der Waals surface area contributed by atoms with E-state index >= 15 is 0 Å². The van der Waals surface area contributed by atoms with Crippen molar-refractivity contribution >= 4 is 11.7 Å². The Hall–Kier alpha value is -4.33. The number of amides is 1. The van der Waals surface area contributed by atoms with Gasteiger partial charge in [-0.15, -0.1) is 0 Å². The molecular weight excluding hydrogens is 423 g/mol. The molecule has 0 atom stereocenters. The highest BCUT2D eigenvalue weighted by molar-refractivity contribution is 6.43. The first-order chi connectivity index (χ1) is 15.9. The van der Waals surface area contributed by atoms with Crippen LogP contribution in [0, 0.1) is 19.7 Å². The van der Waals surface area contributed by atoms with E-state index in [1.807, 2.05) is 30.3 Å². The molecule has 0 fully saturated rings. The van der Waals surface area contributed by atoms with Crippen LogP contribution in [0.25, 0.3) is 5.69 Å². The van der Waals surface area contributed by atoms with Crippen molar-refractivity contribution in [3.8, 4) is 17.3 Å². The van der Waals surface area contributed by atoms with Gasteiger partial charge in [0.05, 0.1) is 22.6 Å². The minimum Gasteiger partial charge on any atom is -0.439 e. The van der Waals surface area contributed by atoms with Gasteiger partial charge in [0.25, 0.3) is 11.7 Å². The van der Waals surface area contributed by atoms with E-state index in [1.165, 1.54) is 24.4 Å². The molecule has 7 nitrogen and oxygen atoms in total. The Labute approximate surface area is 189 Å². The second-order valence-electron chi connectivity index (χ2n) is 7.33. The number of carbonyl (C=O) groups is 2. The van der Waals surface area contributed by atoms with Crippen molar-refractivity contribution in [2.24, 2.45) is 0 Å².